The Bertz CT molecular complexity index is 560. The molecule has 1 unspecified atom stereocenters. The zero-order chi connectivity index (χ0) is 14.7. The van der Waals surface area contributed by atoms with Crippen molar-refractivity contribution in [1.29, 1.82) is 0 Å². The summed E-state index contributed by atoms with van der Waals surface area (Å²) in [5, 5.41) is 2.27. The maximum atomic E-state index is 12.2. The SMILES string of the molecule is CC.O=C1CCC(N2Cc3c[c-]ccc3C2=O)C(=O)N1.[CH3-].[W+2]. The number of piperidine rings is 1. The van der Waals surface area contributed by atoms with Crippen LogP contribution in [-0.4, -0.2) is 28.7 Å². The van der Waals surface area contributed by atoms with E-state index in [9.17, 15) is 14.4 Å². The van der Waals surface area contributed by atoms with E-state index in [1.165, 1.54) is 4.90 Å². The van der Waals surface area contributed by atoms with Crippen LogP contribution in [0.1, 0.15) is 42.6 Å². The second kappa shape index (κ2) is 8.84. The van der Waals surface area contributed by atoms with Crippen LogP contribution in [0.4, 0.5) is 0 Å². The molecule has 2 aliphatic heterocycles. The fourth-order valence-corrected chi connectivity index (χ4v) is 2.45. The third kappa shape index (κ3) is 3.83. The topological polar surface area (TPSA) is 66.5 Å². The zero-order valence-corrected chi connectivity index (χ0v) is 15.9. The van der Waals surface area contributed by atoms with Crippen molar-refractivity contribution in [2.45, 2.75) is 39.3 Å². The zero-order valence-electron chi connectivity index (χ0n) is 13.0. The van der Waals surface area contributed by atoms with Crippen LogP contribution in [0.2, 0.25) is 0 Å². The number of benzene rings is 1. The van der Waals surface area contributed by atoms with Crippen molar-refractivity contribution >= 4 is 17.7 Å². The molecule has 1 fully saturated rings. The van der Waals surface area contributed by atoms with Gasteiger partial charge >= 0.3 is 21.1 Å². The molecule has 3 rings (SSSR count). The van der Waals surface area contributed by atoms with Crippen molar-refractivity contribution in [2.75, 3.05) is 0 Å². The Morgan fingerprint density at radius 2 is 1.95 bits per heavy atom. The molecule has 0 saturated carbocycles. The predicted molar refractivity (Wildman–Crippen MR) is 79.1 cm³/mol. The van der Waals surface area contributed by atoms with Crippen molar-refractivity contribution in [1.82, 2.24) is 10.2 Å². The van der Waals surface area contributed by atoms with Gasteiger partial charge in [-0.25, -0.2) is 0 Å². The van der Waals surface area contributed by atoms with Gasteiger partial charge in [-0.05, 0) is 6.42 Å². The van der Waals surface area contributed by atoms with E-state index >= 15 is 0 Å². The first kappa shape index (κ1) is 20.5. The van der Waals surface area contributed by atoms with Gasteiger partial charge < -0.3 is 12.3 Å². The predicted octanol–water partition coefficient (Wildman–Crippen LogP) is 1.72. The molecule has 1 N–H and O–H groups in total. The second-order valence-corrected chi connectivity index (χ2v) is 4.48. The first-order chi connectivity index (χ1) is 9.66. The number of fused-ring (bicyclic) bond motifs is 1. The Labute approximate surface area is 145 Å². The molecule has 118 valence electrons. The monoisotopic (exact) mass is 472 g/mol. The van der Waals surface area contributed by atoms with E-state index in [0.29, 0.717) is 18.5 Å². The third-order valence-corrected chi connectivity index (χ3v) is 3.37. The van der Waals surface area contributed by atoms with E-state index in [-0.39, 0.29) is 52.6 Å². The van der Waals surface area contributed by atoms with Crippen LogP contribution in [0.15, 0.2) is 18.2 Å². The van der Waals surface area contributed by atoms with Crippen molar-refractivity contribution in [3.63, 3.8) is 0 Å². The van der Waals surface area contributed by atoms with Crippen LogP contribution in [0, 0.1) is 13.5 Å². The standard InChI is InChI=1S/C13H11N2O3.C2H6.CH3.W/c16-11-6-5-10(12(17)14-11)15-7-8-3-1-2-4-9(8)13(15)18;1-2;;/h2-4,10H,5-7H2,(H,14,16,17);1-2H3;1H3;/q-1;;-1;+2. The number of hydrogen-bond donors (Lipinski definition) is 1. The summed E-state index contributed by atoms with van der Waals surface area (Å²) in [4.78, 5) is 36.5. The van der Waals surface area contributed by atoms with Gasteiger partial charge in [-0.2, -0.15) is 24.3 Å². The molecule has 0 spiro atoms. The van der Waals surface area contributed by atoms with E-state index in [1.807, 2.05) is 13.8 Å². The summed E-state index contributed by atoms with van der Waals surface area (Å²) < 4.78 is 0. The Morgan fingerprint density at radius 1 is 1.27 bits per heavy atom. The number of nitrogens with zero attached hydrogens (tertiary/aromatic N) is 1. The van der Waals surface area contributed by atoms with Gasteiger partial charge in [0.2, 0.25) is 17.7 Å². The molecule has 5 nitrogen and oxygen atoms in total. The smallest absolute Gasteiger partial charge is 0.358 e. The molecule has 1 aromatic carbocycles. The van der Waals surface area contributed by atoms with Crippen LogP contribution >= 0.6 is 0 Å². The van der Waals surface area contributed by atoms with Crippen LogP contribution in [0.25, 0.3) is 0 Å². The molecule has 0 radical (unpaired) electrons. The van der Waals surface area contributed by atoms with Gasteiger partial charge in [0.1, 0.15) is 6.04 Å². The summed E-state index contributed by atoms with van der Waals surface area (Å²) in [7, 11) is 0. The first-order valence-electron chi connectivity index (χ1n) is 6.80. The summed E-state index contributed by atoms with van der Waals surface area (Å²) in [5.74, 6) is -0.793. The van der Waals surface area contributed by atoms with Gasteiger partial charge in [0.15, 0.2) is 0 Å². The Kier molecular flexibility index (Phi) is 8.24. The molecule has 2 heterocycles. The summed E-state index contributed by atoms with van der Waals surface area (Å²) >= 11 is 0. The average molecular weight is 472 g/mol. The number of carbonyl (C=O) groups is 3. The minimum absolute atomic E-state index is 0. The number of rotatable bonds is 1. The van der Waals surface area contributed by atoms with Gasteiger partial charge in [-0.3, -0.25) is 19.7 Å². The number of amides is 3. The molecule has 3 amide bonds. The number of nitrogens with one attached hydrogen (secondary N) is 1. The Balaban J connectivity index is 0.00000106. The maximum absolute atomic E-state index is 12.2. The molecule has 1 saturated heterocycles. The fourth-order valence-electron chi connectivity index (χ4n) is 2.45. The molecular weight excluding hydrogens is 452 g/mol. The molecule has 1 aromatic rings. The molecule has 0 bridgehead atoms. The van der Waals surface area contributed by atoms with E-state index in [0.717, 1.165) is 5.56 Å². The number of hydrogen-bond acceptors (Lipinski definition) is 3. The quantitative estimate of drug-likeness (QED) is 0.501. The van der Waals surface area contributed by atoms with Gasteiger partial charge in [0.05, 0.1) is 0 Å². The molecule has 6 heteroatoms. The normalized spacial score (nSPS) is 19.1. The van der Waals surface area contributed by atoms with Crippen molar-refractivity contribution in [2.24, 2.45) is 0 Å². The Hall–Kier alpha value is -1.48. The fraction of sp³-hybridized carbons (Fsp3) is 0.375. The van der Waals surface area contributed by atoms with Gasteiger partial charge in [0, 0.05) is 13.0 Å². The van der Waals surface area contributed by atoms with E-state index in [2.05, 4.69) is 11.4 Å². The van der Waals surface area contributed by atoms with Crippen molar-refractivity contribution in [3.8, 4) is 0 Å². The van der Waals surface area contributed by atoms with E-state index in [1.54, 1.807) is 18.2 Å². The van der Waals surface area contributed by atoms with Gasteiger partial charge in [0.25, 0.3) is 0 Å². The average Bonchev–Trinajstić information content (AvgIpc) is 2.79. The van der Waals surface area contributed by atoms with Crippen LogP contribution < -0.4 is 5.32 Å². The molecule has 0 aromatic heterocycles. The summed E-state index contributed by atoms with van der Waals surface area (Å²) in [6, 6.07) is 7.54. The first-order valence-corrected chi connectivity index (χ1v) is 6.80. The third-order valence-electron chi connectivity index (χ3n) is 3.37. The number of carbonyl (C=O) groups excluding carboxylic acids is 3. The van der Waals surface area contributed by atoms with Crippen LogP contribution in [0.5, 0.6) is 0 Å². The molecule has 2 aliphatic rings. The summed E-state index contributed by atoms with van der Waals surface area (Å²) in [5.41, 5.74) is 1.51. The van der Waals surface area contributed by atoms with E-state index < -0.39 is 6.04 Å². The number of imide groups is 1. The van der Waals surface area contributed by atoms with Crippen LogP contribution in [-0.2, 0) is 37.2 Å². The van der Waals surface area contributed by atoms with Gasteiger partial charge in [-0.15, -0.1) is 5.56 Å². The molecule has 22 heavy (non-hydrogen) atoms. The second-order valence-electron chi connectivity index (χ2n) is 4.48. The molecular formula is C16H20N2O3W. The van der Waals surface area contributed by atoms with Gasteiger partial charge in [-0.1, -0.05) is 19.4 Å². The van der Waals surface area contributed by atoms with E-state index in [4.69, 9.17) is 0 Å². The van der Waals surface area contributed by atoms with Crippen molar-refractivity contribution < 1.29 is 35.4 Å². The largest absolute Gasteiger partial charge is 2.00 e. The minimum atomic E-state index is -0.539. The minimum Gasteiger partial charge on any atom is -0.358 e. The van der Waals surface area contributed by atoms with Crippen molar-refractivity contribution in [3.05, 3.63) is 42.8 Å². The van der Waals surface area contributed by atoms with Crippen LogP contribution in [0.3, 0.4) is 0 Å². The summed E-state index contributed by atoms with van der Waals surface area (Å²) in [6.07, 6.45) is 0.677. The Morgan fingerprint density at radius 3 is 2.55 bits per heavy atom. The summed E-state index contributed by atoms with van der Waals surface area (Å²) in [6.45, 7) is 4.41. The molecule has 1 atom stereocenters. The maximum Gasteiger partial charge on any atom is 2.00 e. The molecule has 0 aliphatic carbocycles.